The van der Waals surface area contributed by atoms with Gasteiger partial charge < -0.3 is 10.6 Å². The predicted molar refractivity (Wildman–Crippen MR) is 122 cm³/mol. The largest absolute Gasteiger partial charge is 0.325 e. The molecule has 1 fully saturated rings. The maximum atomic E-state index is 13.1. The fraction of sp³-hybridized carbons (Fsp3) is 0.136. The van der Waals surface area contributed by atoms with Crippen molar-refractivity contribution in [1.29, 1.82) is 0 Å². The fourth-order valence-electron chi connectivity index (χ4n) is 3.52. The number of imide groups is 1. The Balaban J connectivity index is 1.56. The molecule has 158 valence electrons. The molecule has 6 nitrogen and oxygen atoms in total. The Morgan fingerprint density at radius 3 is 2.32 bits per heavy atom. The van der Waals surface area contributed by atoms with E-state index in [1.54, 1.807) is 13.0 Å². The molecule has 9 heteroatoms. The maximum absolute atomic E-state index is 13.1. The third-order valence-corrected chi connectivity index (χ3v) is 5.99. The molecule has 1 aliphatic heterocycles. The average Bonchev–Trinajstić information content (AvgIpc) is 2.94. The average molecular weight is 477 g/mol. The third-order valence-electron chi connectivity index (χ3n) is 5.17. The highest BCUT2D eigenvalue weighted by Crippen LogP contribution is 2.34. The van der Waals surface area contributed by atoms with Crippen LogP contribution in [0.15, 0.2) is 54.6 Å². The molecule has 3 aromatic carbocycles. The van der Waals surface area contributed by atoms with E-state index in [0.717, 1.165) is 15.7 Å². The van der Waals surface area contributed by atoms with Crippen LogP contribution in [0.5, 0.6) is 0 Å². The zero-order valence-corrected chi connectivity index (χ0v) is 18.5. The second-order valence-corrected chi connectivity index (χ2v) is 8.55. The molecule has 3 aromatic rings. The molecule has 4 amide bonds. The van der Waals surface area contributed by atoms with E-state index >= 15 is 0 Å². The number of rotatable bonds is 4. The van der Waals surface area contributed by atoms with Crippen LogP contribution in [0, 0.1) is 0 Å². The van der Waals surface area contributed by atoms with E-state index in [0.29, 0.717) is 10.6 Å². The summed E-state index contributed by atoms with van der Waals surface area (Å²) >= 11 is 18.0. The summed E-state index contributed by atoms with van der Waals surface area (Å²) in [4.78, 5) is 39.1. The van der Waals surface area contributed by atoms with Gasteiger partial charge in [0.2, 0.25) is 5.91 Å². The molecule has 0 radical (unpaired) electrons. The summed E-state index contributed by atoms with van der Waals surface area (Å²) in [6.07, 6.45) is 0. The summed E-state index contributed by atoms with van der Waals surface area (Å²) in [7, 11) is 0. The van der Waals surface area contributed by atoms with Crippen molar-refractivity contribution in [3.63, 3.8) is 0 Å². The number of nitrogens with zero attached hydrogens (tertiary/aromatic N) is 1. The molecule has 0 aliphatic carbocycles. The Labute approximate surface area is 193 Å². The van der Waals surface area contributed by atoms with Gasteiger partial charge in [-0.2, -0.15) is 0 Å². The SMILES string of the molecule is CC1(c2ccc3ccccc3c2)NC(=O)N(CC(=O)Nc2c(Cl)cc(Cl)cc2Cl)C1=O. The van der Waals surface area contributed by atoms with E-state index in [4.69, 9.17) is 34.8 Å². The molecular weight excluding hydrogens is 461 g/mol. The van der Waals surface area contributed by atoms with Crippen molar-refractivity contribution in [2.75, 3.05) is 11.9 Å². The number of hydrogen-bond donors (Lipinski definition) is 2. The van der Waals surface area contributed by atoms with Gasteiger partial charge in [0.15, 0.2) is 0 Å². The molecular formula is C22H16Cl3N3O3. The highest BCUT2D eigenvalue weighted by molar-refractivity contribution is 6.42. The lowest BCUT2D eigenvalue weighted by Gasteiger charge is -2.22. The second kappa shape index (κ2) is 8.04. The second-order valence-electron chi connectivity index (χ2n) is 7.30. The van der Waals surface area contributed by atoms with Crippen LogP contribution < -0.4 is 10.6 Å². The van der Waals surface area contributed by atoms with E-state index in [1.807, 2.05) is 36.4 Å². The van der Waals surface area contributed by atoms with Crippen molar-refractivity contribution in [2.24, 2.45) is 0 Å². The van der Waals surface area contributed by atoms with E-state index in [2.05, 4.69) is 10.6 Å². The number of anilines is 1. The summed E-state index contributed by atoms with van der Waals surface area (Å²) < 4.78 is 0. The molecule has 0 bridgehead atoms. The fourth-order valence-corrected chi connectivity index (χ4v) is 4.43. The first kappa shape index (κ1) is 21.4. The number of hydrogen-bond acceptors (Lipinski definition) is 3. The quantitative estimate of drug-likeness (QED) is 0.508. The van der Waals surface area contributed by atoms with Crippen molar-refractivity contribution in [1.82, 2.24) is 10.2 Å². The Hall–Kier alpha value is -2.80. The highest BCUT2D eigenvalue weighted by Gasteiger charge is 2.49. The van der Waals surface area contributed by atoms with Gasteiger partial charge in [0, 0.05) is 5.02 Å². The van der Waals surface area contributed by atoms with Crippen molar-refractivity contribution in [3.8, 4) is 0 Å². The molecule has 1 saturated heterocycles. The van der Waals surface area contributed by atoms with E-state index in [1.165, 1.54) is 12.1 Å². The topological polar surface area (TPSA) is 78.5 Å². The Kier molecular flexibility index (Phi) is 5.56. The normalized spacial score (nSPS) is 18.4. The Morgan fingerprint density at radius 1 is 1.00 bits per heavy atom. The summed E-state index contributed by atoms with van der Waals surface area (Å²) in [5.74, 6) is -1.16. The summed E-state index contributed by atoms with van der Waals surface area (Å²) in [5, 5.41) is 7.78. The Bertz CT molecular complexity index is 1220. The lowest BCUT2D eigenvalue weighted by atomic mass is 9.90. The van der Waals surface area contributed by atoms with Gasteiger partial charge in [0.1, 0.15) is 12.1 Å². The van der Waals surface area contributed by atoms with Crippen molar-refractivity contribution >= 4 is 69.1 Å². The lowest BCUT2D eigenvalue weighted by molar-refractivity contribution is -0.133. The van der Waals surface area contributed by atoms with Crippen molar-refractivity contribution < 1.29 is 14.4 Å². The zero-order chi connectivity index (χ0) is 22.3. The van der Waals surface area contributed by atoms with Crippen LogP contribution in [0.25, 0.3) is 10.8 Å². The van der Waals surface area contributed by atoms with Gasteiger partial charge in [-0.1, -0.05) is 71.2 Å². The lowest BCUT2D eigenvalue weighted by Crippen LogP contribution is -2.42. The van der Waals surface area contributed by atoms with Gasteiger partial charge in [0.25, 0.3) is 5.91 Å². The van der Waals surface area contributed by atoms with E-state index in [-0.39, 0.29) is 15.7 Å². The molecule has 31 heavy (non-hydrogen) atoms. The monoisotopic (exact) mass is 475 g/mol. The van der Waals surface area contributed by atoms with Crippen LogP contribution >= 0.6 is 34.8 Å². The Morgan fingerprint density at radius 2 is 1.65 bits per heavy atom. The molecule has 2 N–H and O–H groups in total. The van der Waals surface area contributed by atoms with Gasteiger partial charge in [-0.05, 0) is 41.5 Å². The number of carbonyl (C=O) groups is 3. The number of nitrogens with one attached hydrogen (secondary N) is 2. The minimum Gasteiger partial charge on any atom is -0.322 e. The van der Waals surface area contributed by atoms with Crippen LogP contribution in [0.2, 0.25) is 15.1 Å². The minimum absolute atomic E-state index is 0.143. The van der Waals surface area contributed by atoms with E-state index < -0.39 is 29.9 Å². The van der Waals surface area contributed by atoms with Crippen molar-refractivity contribution in [2.45, 2.75) is 12.5 Å². The molecule has 0 aromatic heterocycles. The minimum atomic E-state index is -1.29. The van der Waals surface area contributed by atoms with Crippen molar-refractivity contribution in [3.05, 3.63) is 75.2 Å². The van der Waals surface area contributed by atoms with Gasteiger partial charge >= 0.3 is 6.03 Å². The first-order valence-electron chi connectivity index (χ1n) is 9.27. The number of halogens is 3. The van der Waals surface area contributed by atoms with Gasteiger partial charge in [0.05, 0.1) is 15.7 Å². The van der Waals surface area contributed by atoms with Gasteiger partial charge in [-0.3, -0.25) is 14.5 Å². The standard InChI is InChI=1S/C22H16Cl3N3O3/c1-22(14-7-6-12-4-2-3-5-13(12)8-14)20(30)28(21(31)27-22)11-18(29)26-19-16(24)9-15(23)10-17(19)25/h2-10H,11H2,1H3,(H,26,29)(H,27,31). The number of benzene rings is 3. The molecule has 0 spiro atoms. The zero-order valence-electron chi connectivity index (χ0n) is 16.2. The first-order chi connectivity index (χ1) is 14.7. The van der Waals surface area contributed by atoms with Crippen LogP contribution in [0.3, 0.4) is 0 Å². The van der Waals surface area contributed by atoms with E-state index in [9.17, 15) is 14.4 Å². The maximum Gasteiger partial charge on any atom is 0.325 e. The molecule has 1 heterocycles. The predicted octanol–water partition coefficient (Wildman–Crippen LogP) is 5.21. The number of carbonyl (C=O) groups excluding carboxylic acids is 3. The van der Waals surface area contributed by atoms with Gasteiger partial charge in [-0.25, -0.2) is 4.79 Å². The van der Waals surface area contributed by atoms with Crippen LogP contribution in [0.4, 0.5) is 10.5 Å². The summed E-state index contributed by atoms with van der Waals surface area (Å²) in [6, 6.07) is 15.4. The van der Waals surface area contributed by atoms with Crippen LogP contribution in [0.1, 0.15) is 12.5 Å². The van der Waals surface area contributed by atoms with Gasteiger partial charge in [-0.15, -0.1) is 0 Å². The molecule has 1 unspecified atom stereocenters. The number of urea groups is 1. The number of fused-ring (bicyclic) bond motifs is 1. The van der Waals surface area contributed by atoms with Crippen LogP contribution in [-0.2, 0) is 15.1 Å². The number of amides is 4. The highest BCUT2D eigenvalue weighted by atomic mass is 35.5. The molecule has 1 aliphatic rings. The summed E-state index contributed by atoms with van der Waals surface area (Å²) in [6.45, 7) is 1.12. The summed E-state index contributed by atoms with van der Waals surface area (Å²) in [5.41, 5.74) is -0.518. The van der Waals surface area contributed by atoms with Crippen LogP contribution in [-0.4, -0.2) is 29.3 Å². The molecule has 1 atom stereocenters. The molecule has 4 rings (SSSR count). The smallest absolute Gasteiger partial charge is 0.322 e. The molecule has 0 saturated carbocycles. The third kappa shape index (κ3) is 3.94. The first-order valence-corrected chi connectivity index (χ1v) is 10.4.